The molecule has 21 heavy (non-hydrogen) atoms. The summed E-state index contributed by atoms with van der Waals surface area (Å²) in [7, 11) is 0. The molecule has 0 saturated heterocycles. The van der Waals surface area contributed by atoms with Gasteiger partial charge in [-0.2, -0.15) is 0 Å². The van der Waals surface area contributed by atoms with E-state index in [0.29, 0.717) is 11.5 Å². The van der Waals surface area contributed by atoms with Gasteiger partial charge in [-0.1, -0.05) is 25.7 Å². The number of hydrazine groups is 1. The van der Waals surface area contributed by atoms with Crippen LogP contribution >= 0.6 is 0 Å². The highest BCUT2D eigenvalue weighted by atomic mass is 19.1. The van der Waals surface area contributed by atoms with Gasteiger partial charge in [0.25, 0.3) is 0 Å². The minimum absolute atomic E-state index is 0.155. The van der Waals surface area contributed by atoms with Crippen LogP contribution in [0.25, 0.3) is 0 Å². The lowest BCUT2D eigenvalue weighted by Crippen LogP contribution is -2.38. The Hall–Kier alpha value is -1.00. The Morgan fingerprint density at radius 1 is 0.952 bits per heavy atom. The van der Waals surface area contributed by atoms with Crippen molar-refractivity contribution in [3.8, 4) is 0 Å². The van der Waals surface area contributed by atoms with Crippen LogP contribution in [-0.2, 0) is 0 Å². The highest BCUT2D eigenvalue weighted by molar-refractivity contribution is 5.22. The first-order valence-corrected chi connectivity index (χ1v) is 8.09. The average Bonchev–Trinajstić information content (AvgIpc) is 2.47. The van der Waals surface area contributed by atoms with E-state index in [1.54, 1.807) is 0 Å². The number of fused-ring (bicyclic) bond motifs is 1. The summed E-state index contributed by atoms with van der Waals surface area (Å²) in [4.78, 5) is 0. The topological polar surface area (TPSA) is 38.0 Å². The van der Waals surface area contributed by atoms with Crippen LogP contribution in [0.5, 0.6) is 0 Å². The monoisotopic (exact) mass is 294 g/mol. The van der Waals surface area contributed by atoms with Gasteiger partial charge in [-0.05, 0) is 54.7 Å². The molecule has 2 saturated carbocycles. The molecular formula is C17H24F2N2. The number of nitrogens with one attached hydrogen (secondary N) is 1. The molecule has 2 aliphatic rings. The van der Waals surface area contributed by atoms with Gasteiger partial charge in [0.2, 0.25) is 0 Å². The molecule has 1 aromatic rings. The fourth-order valence-electron chi connectivity index (χ4n) is 4.47. The SMILES string of the molecule is NNC(c1cc(F)cc(F)c1)C1CCC2CCCCC2C1. The van der Waals surface area contributed by atoms with E-state index in [0.717, 1.165) is 30.7 Å². The first kappa shape index (κ1) is 14.9. The number of halogens is 2. The Kier molecular flexibility index (Phi) is 4.55. The van der Waals surface area contributed by atoms with Crippen molar-refractivity contribution in [2.75, 3.05) is 0 Å². The molecule has 4 unspecified atom stereocenters. The Morgan fingerprint density at radius 3 is 2.29 bits per heavy atom. The Morgan fingerprint density at radius 2 is 1.62 bits per heavy atom. The Bertz CT molecular complexity index is 471. The van der Waals surface area contributed by atoms with Crippen LogP contribution in [0.3, 0.4) is 0 Å². The summed E-state index contributed by atoms with van der Waals surface area (Å²) < 4.78 is 26.9. The van der Waals surface area contributed by atoms with Gasteiger partial charge in [-0.25, -0.2) is 8.78 Å². The Balaban J connectivity index is 1.76. The predicted octanol–water partition coefficient (Wildman–Crippen LogP) is 4.08. The number of hydrogen-bond donors (Lipinski definition) is 2. The van der Waals surface area contributed by atoms with E-state index in [9.17, 15) is 8.78 Å². The van der Waals surface area contributed by atoms with E-state index in [2.05, 4.69) is 5.43 Å². The lowest BCUT2D eigenvalue weighted by Gasteiger charge is -2.42. The van der Waals surface area contributed by atoms with E-state index in [1.165, 1.54) is 44.2 Å². The highest BCUT2D eigenvalue weighted by Crippen LogP contribution is 2.46. The molecule has 2 nitrogen and oxygen atoms in total. The van der Waals surface area contributed by atoms with E-state index < -0.39 is 11.6 Å². The van der Waals surface area contributed by atoms with Crippen molar-refractivity contribution in [3.05, 3.63) is 35.4 Å². The summed E-state index contributed by atoms with van der Waals surface area (Å²) in [5, 5.41) is 0. The van der Waals surface area contributed by atoms with Gasteiger partial charge >= 0.3 is 0 Å². The van der Waals surface area contributed by atoms with Crippen molar-refractivity contribution in [1.82, 2.24) is 5.43 Å². The van der Waals surface area contributed by atoms with Gasteiger partial charge in [0, 0.05) is 12.1 Å². The lowest BCUT2D eigenvalue weighted by molar-refractivity contribution is 0.109. The average molecular weight is 294 g/mol. The molecule has 3 rings (SSSR count). The molecular weight excluding hydrogens is 270 g/mol. The number of nitrogens with two attached hydrogens (primary N) is 1. The van der Waals surface area contributed by atoms with Gasteiger partial charge in [-0.15, -0.1) is 0 Å². The molecule has 0 aliphatic heterocycles. The third-order valence-electron chi connectivity index (χ3n) is 5.48. The summed E-state index contributed by atoms with van der Waals surface area (Å²) in [6, 6.07) is 3.56. The molecule has 3 N–H and O–H groups in total. The van der Waals surface area contributed by atoms with E-state index >= 15 is 0 Å². The fraction of sp³-hybridized carbons (Fsp3) is 0.647. The predicted molar refractivity (Wildman–Crippen MR) is 79.2 cm³/mol. The third kappa shape index (κ3) is 3.27. The molecule has 4 atom stereocenters. The van der Waals surface area contributed by atoms with Crippen molar-refractivity contribution < 1.29 is 8.78 Å². The molecule has 2 fully saturated rings. The first-order valence-electron chi connectivity index (χ1n) is 8.09. The second-order valence-corrected chi connectivity index (χ2v) is 6.72. The van der Waals surface area contributed by atoms with Gasteiger partial charge in [0.05, 0.1) is 0 Å². The second-order valence-electron chi connectivity index (χ2n) is 6.72. The molecule has 0 amide bonds. The zero-order valence-electron chi connectivity index (χ0n) is 12.3. The smallest absolute Gasteiger partial charge is 0.126 e. The maximum Gasteiger partial charge on any atom is 0.126 e. The normalized spacial score (nSPS) is 30.7. The van der Waals surface area contributed by atoms with Crippen molar-refractivity contribution in [1.29, 1.82) is 0 Å². The summed E-state index contributed by atoms with van der Waals surface area (Å²) in [6.07, 6.45) is 8.78. The number of rotatable bonds is 3. The van der Waals surface area contributed by atoms with Crippen LogP contribution in [0.2, 0.25) is 0 Å². The first-order chi connectivity index (χ1) is 10.2. The van der Waals surface area contributed by atoms with Crippen LogP contribution in [-0.4, -0.2) is 0 Å². The van der Waals surface area contributed by atoms with Crippen molar-refractivity contribution in [3.63, 3.8) is 0 Å². The van der Waals surface area contributed by atoms with Crippen molar-refractivity contribution >= 4 is 0 Å². The molecule has 4 heteroatoms. The van der Waals surface area contributed by atoms with Gasteiger partial charge in [0.15, 0.2) is 0 Å². The molecule has 1 aromatic carbocycles. The van der Waals surface area contributed by atoms with Crippen LogP contribution in [0.4, 0.5) is 8.78 Å². The second kappa shape index (κ2) is 6.41. The molecule has 116 valence electrons. The van der Waals surface area contributed by atoms with E-state index in [4.69, 9.17) is 5.84 Å². The third-order valence-corrected chi connectivity index (χ3v) is 5.48. The highest BCUT2D eigenvalue weighted by Gasteiger charge is 2.35. The summed E-state index contributed by atoms with van der Waals surface area (Å²) in [6.45, 7) is 0. The van der Waals surface area contributed by atoms with Crippen LogP contribution in [0.15, 0.2) is 18.2 Å². The molecule has 0 heterocycles. The largest absolute Gasteiger partial charge is 0.271 e. The number of benzene rings is 1. The van der Waals surface area contributed by atoms with Gasteiger partial charge in [-0.3, -0.25) is 11.3 Å². The number of hydrogen-bond acceptors (Lipinski definition) is 2. The zero-order valence-corrected chi connectivity index (χ0v) is 12.3. The van der Waals surface area contributed by atoms with Crippen LogP contribution in [0.1, 0.15) is 56.6 Å². The zero-order chi connectivity index (χ0) is 14.8. The van der Waals surface area contributed by atoms with Crippen molar-refractivity contribution in [2.24, 2.45) is 23.6 Å². The molecule has 2 aliphatic carbocycles. The van der Waals surface area contributed by atoms with Gasteiger partial charge < -0.3 is 0 Å². The minimum atomic E-state index is -0.531. The standard InChI is InChI=1S/C17H24F2N2/c18-15-8-14(9-16(19)10-15)17(21-20)13-6-5-11-3-1-2-4-12(11)7-13/h8-13,17,21H,1-7,20H2. The Labute approximate surface area is 125 Å². The quantitative estimate of drug-likeness (QED) is 0.651. The molecule has 0 aromatic heterocycles. The maximum absolute atomic E-state index is 13.5. The van der Waals surface area contributed by atoms with Gasteiger partial charge in [0.1, 0.15) is 11.6 Å². The van der Waals surface area contributed by atoms with E-state index in [1.807, 2.05) is 0 Å². The minimum Gasteiger partial charge on any atom is -0.271 e. The van der Waals surface area contributed by atoms with Crippen molar-refractivity contribution in [2.45, 2.75) is 51.0 Å². The lowest BCUT2D eigenvalue weighted by atomic mass is 9.65. The summed E-state index contributed by atoms with van der Waals surface area (Å²) in [5.41, 5.74) is 3.44. The molecule has 0 spiro atoms. The van der Waals surface area contributed by atoms with Crippen LogP contribution in [0, 0.1) is 29.4 Å². The summed E-state index contributed by atoms with van der Waals surface area (Å²) in [5.74, 6) is 6.65. The molecule has 0 radical (unpaired) electrons. The molecule has 0 bridgehead atoms. The van der Waals surface area contributed by atoms with E-state index in [-0.39, 0.29) is 6.04 Å². The fourth-order valence-corrected chi connectivity index (χ4v) is 4.47. The maximum atomic E-state index is 13.5. The summed E-state index contributed by atoms with van der Waals surface area (Å²) >= 11 is 0. The van der Waals surface area contributed by atoms with Crippen LogP contribution < -0.4 is 11.3 Å².